The van der Waals surface area contributed by atoms with E-state index in [1.807, 2.05) is 19.0 Å². The molecule has 0 aliphatic carbocycles. The molecule has 0 heterocycles. The van der Waals surface area contributed by atoms with Crippen molar-refractivity contribution in [2.75, 3.05) is 14.1 Å². The van der Waals surface area contributed by atoms with E-state index in [0.717, 1.165) is 5.56 Å². The van der Waals surface area contributed by atoms with Gasteiger partial charge in [-0.15, -0.1) is 5.11 Å². The van der Waals surface area contributed by atoms with Crippen LogP contribution in [0.15, 0.2) is 46.6 Å². The Labute approximate surface area is 144 Å². The van der Waals surface area contributed by atoms with E-state index in [0.29, 0.717) is 23.5 Å². The van der Waals surface area contributed by atoms with Crippen LogP contribution in [-0.4, -0.2) is 23.9 Å². The largest absolute Gasteiger partial charge is 0.305 e. The van der Waals surface area contributed by atoms with Gasteiger partial charge in [-0.3, -0.25) is 10.1 Å². The topological polar surface area (TPSA) is 94.9 Å². The molecular formula is C16H14ClN5O2. The van der Waals surface area contributed by atoms with Crippen LogP contribution in [-0.2, 0) is 6.54 Å². The third-order valence-electron chi connectivity index (χ3n) is 3.12. The summed E-state index contributed by atoms with van der Waals surface area (Å²) in [6.45, 7) is 0.574. The van der Waals surface area contributed by atoms with Crippen molar-refractivity contribution < 1.29 is 4.92 Å². The van der Waals surface area contributed by atoms with Gasteiger partial charge in [0.2, 0.25) is 0 Å². The minimum atomic E-state index is -0.504. The number of nitrogens with zero attached hydrogens (tertiary/aromatic N) is 5. The molecule has 2 rings (SSSR count). The highest BCUT2D eigenvalue weighted by Gasteiger charge is 2.12. The molecule has 0 aromatic heterocycles. The summed E-state index contributed by atoms with van der Waals surface area (Å²) in [5.74, 6) is 0. The summed E-state index contributed by atoms with van der Waals surface area (Å²) in [6, 6.07) is 11.3. The van der Waals surface area contributed by atoms with Crippen LogP contribution in [0, 0.1) is 21.4 Å². The number of halogens is 1. The molecule has 2 aromatic rings. The highest BCUT2D eigenvalue weighted by Crippen LogP contribution is 2.32. The van der Waals surface area contributed by atoms with Gasteiger partial charge in [0.05, 0.1) is 21.2 Å². The number of hydrogen-bond donors (Lipinski definition) is 0. The minimum Gasteiger partial charge on any atom is -0.305 e. The molecule has 122 valence electrons. The maximum Gasteiger partial charge on any atom is 0.271 e. The van der Waals surface area contributed by atoms with Gasteiger partial charge >= 0.3 is 0 Å². The van der Waals surface area contributed by atoms with Crippen molar-refractivity contribution in [3.05, 3.63) is 62.7 Å². The molecule has 0 aliphatic heterocycles. The highest BCUT2D eigenvalue weighted by molar-refractivity contribution is 6.34. The van der Waals surface area contributed by atoms with Crippen LogP contribution in [0.1, 0.15) is 11.1 Å². The molecule has 0 saturated carbocycles. The van der Waals surface area contributed by atoms with Crippen LogP contribution in [0.2, 0.25) is 5.02 Å². The van der Waals surface area contributed by atoms with Gasteiger partial charge in [-0.25, -0.2) is 0 Å². The van der Waals surface area contributed by atoms with Crippen LogP contribution in [0.5, 0.6) is 0 Å². The molecule has 0 aliphatic rings. The fraction of sp³-hybridized carbons (Fsp3) is 0.188. The van der Waals surface area contributed by atoms with E-state index >= 15 is 0 Å². The van der Waals surface area contributed by atoms with E-state index in [2.05, 4.69) is 16.3 Å². The molecule has 0 atom stereocenters. The van der Waals surface area contributed by atoms with E-state index in [4.69, 9.17) is 11.6 Å². The average molecular weight is 344 g/mol. The number of rotatable bonds is 5. The summed E-state index contributed by atoms with van der Waals surface area (Å²) in [5, 5.41) is 28.3. The molecule has 2 aromatic carbocycles. The summed E-state index contributed by atoms with van der Waals surface area (Å²) in [4.78, 5) is 12.2. The molecule has 0 saturated heterocycles. The quantitative estimate of drug-likeness (QED) is 0.450. The van der Waals surface area contributed by atoms with Gasteiger partial charge in [-0.05, 0) is 31.8 Å². The van der Waals surface area contributed by atoms with Crippen molar-refractivity contribution in [3.63, 3.8) is 0 Å². The zero-order valence-electron chi connectivity index (χ0n) is 13.1. The van der Waals surface area contributed by atoms with E-state index in [1.165, 1.54) is 18.2 Å². The molecule has 8 heteroatoms. The lowest BCUT2D eigenvalue weighted by molar-refractivity contribution is -0.384. The molecule has 0 N–H and O–H groups in total. The third-order valence-corrected chi connectivity index (χ3v) is 3.50. The van der Waals surface area contributed by atoms with Crippen molar-refractivity contribution in [2.24, 2.45) is 10.2 Å². The second-order valence-corrected chi connectivity index (χ2v) is 5.64. The number of azo groups is 1. The highest BCUT2D eigenvalue weighted by atomic mass is 35.5. The summed E-state index contributed by atoms with van der Waals surface area (Å²) in [5.41, 5.74) is 1.73. The fourth-order valence-electron chi connectivity index (χ4n) is 2.06. The van der Waals surface area contributed by atoms with Crippen LogP contribution < -0.4 is 0 Å². The predicted molar refractivity (Wildman–Crippen MR) is 90.8 cm³/mol. The SMILES string of the molecule is CN(C)Cc1ccc(N=Nc2cccc([N+](=O)[O-])c2)c(Cl)c1C#N. The first-order valence-corrected chi connectivity index (χ1v) is 7.32. The Morgan fingerprint density at radius 3 is 2.67 bits per heavy atom. The van der Waals surface area contributed by atoms with E-state index < -0.39 is 4.92 Å². The van der Waals surface area contributed by atoms with Gasteiger partial charge in [-0.1, -0.05) is 23.7 Å². The predicted octanol–water partition coefficient (Wildman–Crippen LogP) is 4.60. The number of nitriles is 1. The van der Waals surface area contributed by atoms with Gasteiger partial charge in [0.25, 0.3) is 5.69 Å². The molecule has 0 bridgehead atoms. The van der Waals surface area contributed by atoms with E-state index in [9.17, 15) is 15.4 Å². The summed E-state index contributed by atoms with van der Waals surface area (Å²) < 4.78 is 0. The van der Waals surface area contributed by atoms with Gasteiger partial charge in [0.1, 0.15) is 11.8 Å². The Morgan fingerprint density at radius 2 is 2.04 bits per heavy atom. The van der Waals surface area contributed by atoms with Crippen molar-refractivity contribution in [2.45, 2.75) is 6.54 Å². The van der Waals surface area contributed by atoms with Crippen LogP contribution in [0.3, 0.4) is 0 Å². The van der Waals surface area contributed by atoms with Crippen LogP contribution in [0.25, 0.3) is 0 Å². The Bertz CT molecular complexity index is 843. The Balaban J connectivity index is 2.35. The molecule has 0 fully saturated rings. The molecule has 0 amide bonds. The lowest BCUT2D eigenvalue weighted by atomic mass is 10.1. The normalized spacial score (nSPS) is 11.0. The number of nitro benzene ring substituents is 1. The standard InChI is InChI=1S/C16H14ClN5O2/c1-21(2)10-11-6-7-15(16(17)14(11)9-18)20-19-12-4-3-5-13(8-12)22(23)24/h3-8H,10H2,1-2H3. The van der Waals surface area contributed by atoms with E-state index in [1.54, 1.807) is 18.2 Å². The van der Waals surface area contributed by atoms with Crippen LogP contribution in [0.4, 0.5) is 17.1 Å². The van der Waals surface area contributed by atoms with Gasteiger partial charge < -0.3 is 4.90 Å². The summed E-state index contributed by atoms with van der Waals surface area (Å²) in [6.07, 6.45) is 0. The average Bonchev–Trinajstić information content (AvgIpc) is 2.54. The Hall–Kier alpha value is -2.82. The third kappa shape index (κ3) is 4.13. The number of benzene rings is 2. The van der Waals surface area contributed by atoms with Crippen LogP contribution >= 0.6 is 11.6 Å². The zero-order chi connectivity index (χ0) is 17.7. The second-order valence-electron chi connectivity index (χ2n) is 5.26. The summed E-state index contributed by atoms with van der Waals surface area (Å²) in [7, 11) is 3.79. The maximum absolute atomic E-state index is 10.8. The lowest BCUT2D eigenvalue weighted by Crippen LogP contribution is -2.11. The smallest absolute Gasteiger partial charge is 0.271 e. The van der Waals surface area contributed by atoms with Gasteiger partial charge in [-0.2, -0.15) is 10.4 Å². The Morgan fingerprint density at radius 1 is 1.29 bits per heavy atom. The van der Waals surface area contributed by atoms with Crippen molar-refractivity contribution in [1.29, 1.82) is 5.26 Å². The maximum atomic E-state index is 10.8. The number of nitro groups is 1. The molecule has 0 radical (unpaired) electrons. The van der Waals surface area contributed by atoms with Crippen molar-refractivity contribution >= 4 is 28.7 Å². The lowest BCUT2D eigenvalue weighted by Gasteiger charge is -2.12. The van der Waals surface area contributed by atoms with Crippen molar-refractivity contribution in [3.8, 4) is 6.07 Å². The molecule has 0 spiro atoms. The zero-order valence-corrected chi connectivity index (χ0v) is 13.9. The molecule has 7 nitrogen and oxygen atoms in total. The van der Waals surface area contributed by atoms with E-state index in [-0.39, 0.29) is 10.7 Å². The number of non-ortho nitro benzene ring substituents is 1. The van der Waals surface area contributed by atoms with Crippen molar-refractivity contribution in [1.82, 2.24) is 4.90 Å². The first kappa shape index (κ1) is 17.5. The molecule has 0 unspecified atom stereocenters. The van der Waals surface area contributed by atoms with Gasteiger partial charge in [0, 0.05) is 18.7 Å². The summed E-state index contributed by atoms with van der Waals surface area (Å²) >= 11 is 6.24. The second kappa shape index (κ2) is 7.64. The molecule has 24 heavy (non-hydrogen) atoms. The van der Waals surface area contributed by atoms with Gasteiger partial charge in [0.15, 0.2) is 0 Å². The first-order valence-electron chi connectivity index (χ1n) is 6.94. The monoisotopic (exact) mass is 343 g/mol. The molecular weight excluding hydrogens is 330 g/mol. The minimum absolute atomic E-state index is 0.0726. The first-order chi connectivity index (χ1) is 11.4. The Kier molecular flexibility index (Phi) is 5.58. The fourth-order valence-corrected chi connectivity index (χ4v) is 2.32. The number of hydrogen-bond acceptors (Lipinski definition) is 6.